The second-order valence-electron chi connectivity index (χ2n) is 6.71. The molecule has 1 saturated carbocycles. The van der Waals surface area contributed by atoms with Gasteiger partial charge < -0.3 is 14.7 Å². The summed E-state index contributed by atoms with van der Waals surface area (Å²) in [5, 5.41) is 9.43. The van der Waals surface area contributed by atoms with E-state index < -0.39 is 17.8 Å². The number of fused-ring (bicyclic) bond motifs is 2. The van der Waals surface area contributed by atoms with Crippen molar-refractivity contribution in [1.29, 1.82) is 0 Å². The molecule has 2 bridgehead atoms. The van der Waals surface area contributed by atoms with Crippen molar-refractivity contribution < 1.29 is 19.4 Å². The van der Waals surface area contributed by atoms with Crippen molar-refractivity contribution in [2.75, 3.05) is 19.7 Å². The summed E-state index contributed by atoms with van der Waals surface area (Å²) in [6, 6.07) is 0. The van der Waals surface area contributed by atoms with Crippen LogP contribution in [0.15, 0.2) is 12.2 Å². The van der Waals surface area contributed by atoms with Gasteiger partial charge in [-0.25, -0.2) is 0 Å². The van der Waals surface area contributed by atoms with E-state index in [2.05, 4.69) is 0 Å². The zero-order valence-corrected chi connectivity index (χ0v) is 11.9. The molecular weight excluding hydrogens is 258 g/mol. The molecule has 0 aromatic carbocycles. The van der Waals surface area contributed by atoms with E-state index >= 15 is 0 Å². The third-order valence-electron chi connectivity index (χ3n) is 4.77. The van der Waals surface area contributed by atoms with E-state index in [0.717, 1.165) is 6.42 Å². The highest BCUT2D eigenvalue weighted by Gasteiger charge is 2.53. The maximum atomic E-state index is 12.8. The zero-order valence-electron chi connectivity index (χ0n) is 11.9. The van der Waals surface area contributed by atoms with Crippen molar-refractivity contribution in [2.45, 2.75) is 25.9 Å². The summed E-state index contributed by atoms with van der Waals surface area (Å²) in [7, 11) is 0. The normalized spacial score (nSPS) is 38.2. The van der Waals surface area contributed by atoms with Crippen molar-refractivity contribution in [3.05, 3.63) is 12.2 Å². The second-order valence-corrected chi connectivity index (χ2v) is 6.71. The molecule has 5 nitrogen and oxygen atoms in total. The number of ether oxygens (including phenoxy) is 1. The number of aliphatic carboxylic acids is 1. The summed E-state index contributed by atoms with van der Waals surface area (Å²) >= 11 is 0. The van der Waals surface area contributed by atoms with Crippen molar-refractivity contribution in [1.82, 2.24) is 4.90 Å². The van der Waals surface area contributed by atoms with Crippen molar-refractivity contribution in [3.8, 4) is 0 Å². The number of allylic oxidation sites excluding steroid dienone is 2. The van der Waals surface area contributed by atoms with Crippen LogP contribution < -0.4 is 0 Å². The predicted molar refractivity (Wildman–Crippen MR) is 72.0 cm³/mol. The monoisotopic (exact) mass is 279 g/mol. The van der Waals surface area contributed by atoms with Crippen LogP contribution in [0.25, 0.3) is 0 Å². The van der Waals surface area contributed by atoms with Crippen LogP contribution in [0.3, 0.4) is 0 Å². The molecule has 110 valence electrons. The van der Waals surface area contributed by atoms with Gasteiger partial charge in [-0.1, -0.05) is 12.2 Å². The van der Waals surface area contributed by atoms with E-state index in [9.17, 15) is 14.7 Å². The van der Waals surface area contributed by atoms with Crippen molar-refractivity contribution in [3.63, 3.8) is 0 Å². The van der Waals surface area contributed by atoms with Gasteiger partial charge >= 0.3 is 5.97 Å². The lowest BCUT2D eigenvalue weighted by atomic mass is 9.82. The molecular formula is C15H21NO4. The number of hydrogen-bond donors (Lipinski definition) is 1. The molecule has 5 heteroatoms. The first-order chi connectivity index (χ1) is 9.39. The summed E-state index contributed by atoms with van der Waals surface area (Å²) in [5.74, 6) is -1.67. The standard InChI is InChI=1S/C15H21NO4/c1-15(2)8-16(5-6-20-15)13(17)11-9-3-4-10(7-9)12(11)14(18)19/h3-4,9-12H,5-8H2,1-2H3,(H,18,19)/t9?,10?,11-,12+/m0/s1. The van der Waals surface area contributed by atoms with Crippen LogP contribution in [0.1, 0.15) is 20.3 Å². The molecule has 1 N–H and O–H groups in total. The average molecular weight is 279 g/mol. The number of hydrogen-bond acceptors (Lipinski definition) is 3. The van der Waals surface area contributed by atoms with Gasteiger partial charge in [-0.2, -0.15) is 0 Å². The van der Waals surface area contributed by atoms with Gasteiger partial charge in [-0.3, -0.25) is 9.59 Å². The first-order valence-corrected chi connectivity index (χ1v) is 7.23. The lowest BCUT2D eigenvalue weighted by Crippen LogP contribution is -2.53. The number of carboxylic acid groups (broad SMARTS) is 1. The SMILES string of the molecule is CC1(C)CN(C(=O)[C@H]2C3C=CC(C3)[C@H]2C(=O)O)CCO1. The fraction of sp³-hybridized carbons (Fsp3) is 0.733. The van der Waals surface area contributed by atoms with Crippen molar-refractivity contribution in [2.24, 2.45) is 23.7 Å². The number of rotatable bonds is 2. The van der Waals surface area contributed by atoms with Gasteiger partial charge in [0.25, 0.3) is 0 Å². The third kappa shape index (κ3) is 2.14. The minimum atomic E-state index is -0.840. The summed E-state index contributed by atoms with van der Waals surface area (Å²) < 4.78 is 5.62. The molecule has 1 aliphatic heterocycles. The van der Waals surface area contributed by atoms with Crippen LogP contribution in [-0.2, 0) is 14.3 Å². The Kier molecular flexibility index (Phi) is 3.12. The van der Waals surface area contributed by atoms with Gasteiger partial charge in [-0.05, 0) is 32.1 Å². The highest BCUT2D eigenvalue weighted by Crippen LogP contribution is 2.49. The maximum absolute atomic E-state index is 12.8. The molecule has 4 atom stereocenters. The van der Waals surface area contributed by atoms with Gasteiger partial charge in [-0.15, -0.1) is 0 Å². The van der Waals surface area contributed by atoms with E-state index in [1.165, 1.54) is 0 Å². The largest absolute Gasteiger partial charge is 0.481 e. The molecule has 3 rings (SSSR count). The summed E-state index contributed by atoms with van der Waals surface area (Å²) in [5.41, 5.74) is -0.347. The first-order valence-electron chi connectivity index (χ1n) is 7.23. The lowest BCUT2D eigenvalue weighted by molar-refractivity contribution is -0.158. The Bertz CT molecular complexity index is 470. The first kappa shape index (κ1) is 13.6. The molecule has 0 radical (unpaired) electrons. The molecule has 1 heterocycles. The van der Waals surface area contributed by atoms with Crippen LogP contribution in [0.4, 0.5) is 0 Å². The number of morpholine rings is 1. The number of carbonyl (C=O) groups excluding carboxylic acids is 1. The number of nitrogens with zero attached hydrogens (tertiary/aromatic N) is 1. The topological polar surface area (TPSA) is 66.8 Å². The second kappa shape index (κ2) is 4.58. The minimum absolute atomic E-state index is 0.00868. The Labute approximate surface area is 118 Å². The van der Waals surface area contributed by atoms with Crippen molar-refractivity contribution >= 4 is 11.9 Å². The number of carboxylic acids is 1. The quantitative estimate of drug-likeness (QED) is 0.770. The fourth-order valence-corrected chi connectivity index (χ4v) is 3.91. The number of carbonyl (C=O) groups is 2. The van der Waals surface area contributed by atoms with E-state index in [1.807, 2.05) is 26.0 Å². The molecule has 2 unspecified atom stereocenters. The van der Waals surface area contributed by atoms with Crippen LogP contribution >= 0.6 is 0 Å². The summed E-state index contributed by atoms with van der Waals surface area (Å²) in [6.45, 7) is 5.54. The molecule has 0 aromatic rings. The van der Waals surface area contributed by atoms with Gasteiger partial charge in [0, 0.05) is 13.1 Å². The Morgan fingerprint density at radius 1 is 1.25 bits per heavy atom. The Balaban J connectivity index is 1.79. The lowest BCUT2D eigenvalue weighted by Gasteiger charge is -2.40. The average Bonchev–Trinajstić information content (AvgIpc) is 2.96. The van der Waals surface area contributed by atoms with Gasteiger partial charge in [0.05, 0.1) is 24.0 Å². The van der Waals surface area contributed by atoms with E-state index in [1.54, 1.807) is 4.90 Å². The molecule has 2 aliphatic carbocycles. The predicted octanol–water partition coefficient (Wildman–Crippen LogP) is 1.15. The molecule has 0 aromatic heterocycles. The fourth-order valence-electron chi connectivity index (χ4n) is 3.91. The van der Waals surface area contributed by atoms with Crippen LogP contribution in [0.2, 0.25) is 0 Å². The van der Waals surface area contributed by atoms with E-state index in [0.29, 0.717) is 19.7 Å². The van der Waals surface area contributed by atoms with Crippen LogP contribution in [0, 0.1) is 23.7 Å². The maximum Gasteiger partial charge on any atom is 0.307 e. The molecule has 20 heavy (non-hydrogen) atoms. The highest BCUT2D eigenvalue weighted by atomic mass is 16.5. The molecule has 3 aliphatic rings. The molecule has 1 saturated heterocycles. The molecule has 0 spiro atoms. The number of amides is 1. The Hall–Kier alpha value is -1.36. The summed E-state index contributed by atoms with van der Waals surface area (Å²) in [6.07, 6.45) is 4.80. The Morgan fingerprint density at radius 3 is 2.50 bits per heavy atom. The molecule has 1 amide bonds. The summed E-state index contributed by atoms with van der Waals surface area (Å²) in [4.78, 5) is 26.0. The Morgan fingerprint density at radius 2 is 1.90 bits per heavy atom. The van der Waals surface area contributed by atoms with Crippen LogP contribution in [0.5, 0.6) is 0 Å². The smallest absolute Gasteiger partial charge is 0.307 e. The van der Waals surface area contributed by atoms with E-state index in [-0.39, 0.29) is 23.3 Å². The van der Waals surface area contributed by atoms with Gasteiger partial charge in [0.1, 0.15) is 0 Å². The van der Waals surface area contributed by atoms with Crippen LogP contribution in [-0.4, -0.2) is 47.2 Å². The third-order valence-corrected chi connectivity index (χ3v) is 4.77. The van der Waals surface area contributed by atoms with Gasteiger partial charge in [0.15, 0.2) is 0 Å². The zero-order chi connectivity index (χ0) is 14.5. The van der Waals surface area contributed by atoms with E-state index in [4.69, 9.17) is 4.74 Å². The van der Waals surface area contributed by atoms with Gasteiger partial charge in [0.2, 0.25) is 5.91 Å². The molecule has 2 fully saturated rings. The highest BCUT2D eigenvalue weighted by molar-refractivity contribution is 5.87. The minimum Gasteiger partial charge on any atom is -0.481 e.